The highest BCUT2D eigenvalue weighted by Crippen LogP contribution is 2.25. The van der Waals surface area contributed by atoms with Gasteiger partial charge in [-0.05, 0) is 25.6 Å². The molecule has 1 N–H and O–H groups in total. The van der Waals surface area contributed by atoms with Gasteiger partial charge in [-0.1, -0.05) is 37.3 Å². The summed E-state index contributed by atoms with van der Waals surface area (Å²) in [5.74, 6) is 0. The van der Waals surface area contributed by atoms with Gasteiger partial charge < -0.3 is 5.32 Å². The van der Waals surface area contributed by atoms with Crippen LogP contribution in [-0.4, -0.2) is 37.8 Å². The van der Waals surface area contributed by atoms with Crippen molar-refractivity contribution in [1.29, 1.82) is 0 Å². The first-order valence-corrected chi connectivity index (χ1v) is 6.48. The summed E-state index contributed by atoms with van der Waals surface area (Å²) in [6, 6.07) is 9.08. The summed E-state index contributed by atoms with van der Waals surface area (Å²) in [4.78, 5) is 1.49. The van der Waals surface area contributed by atoms with Crippen molar-refractivity contribution in [3.8, 4) is 0 Å². The molecule has 0 spiro atoms. The lowest BCUT2D eigenvalue weighted by Gasteiger charge is -2.32. The monoisotopic (exact) mass is 274 g/mol. The molecule has 5 heteroatoms. The van der Waals surface area contributed by atoms with Crippen LogP contribution in [0.5, 0.6) is 0 Å². The van der Waals surface area contributed by atoms with E-state index in [2.05, 4.69) is 5.32 Å². The maximum atomic E-state index is 12.7. The summed E-state index contributed by atoms with van der Waals surface area (Å²) < 4.78 is 38.1. The highest BCUT2D eigenvalue weighted by Gasteiger charge is 2.33. The maximum Gasteiger partial charge on any atom is 0.401 e. The van der Waals surface area contributed by atoms with Gasteiger partial charge >= 0.3 is 6.18 Å². The van der Waals surface area contributed by atoms with Gasteiger partial charge in [0.25, 0.3) is 0 Å². The molecule has 0 radical (unpaired) electrons. The van der Waals surface area contributed by atoms with Gasteiger partial charge in [0.2, 0.25) is 0 Å². The van der Waals surface area contributed by atoms with Gasteiger partial charge in [0.1, 0.15) is 0 Å². The van der Waals surface area contributed by atoms with E-state index in [4.69, 9.17) is 0 Å². The van der Waals surface area contributed by atoms with Crippen molar-refractivity contribution in [3.63, 3.8) is 0 Å². The maximum absolute atomic E-state index is 12.7. The van der Waals surface area contributed by atoms with E-state index in [9.17, 15) is 13.2 Å². The Morgan fingerprint density at radius 3 is 2.32 bits per heavy atom. The summed E-state index contributed by atoms with van der Waals surface area (Å²) in [6.07, 6.45) is -3.47. The molecule has 2 nitrogen and oxygen atoms in total. The van der Waals surface area contributed by atoms with Crippen LogP contribution in [0.2, 0.25) is 0 Å². The Bertz CT molecular complexity index is 351. The number of halogens is 3. The molecule has 0 aliphatic carbocycles. The van der Waals surface area contributed by atoms with E-state index in [-0.39, 0.29) is 6.04 Å². The number of benzene rings is 1. The molecule has 0 aromatic heterocycles. The summed E-state index contributed by atoms with van der Waals surface area (Å²) >= 11 is 0. The van der Waals surface area contributed by atoms with E-state index in [0.717, 1.165) is 5.56 Å². The quantitative estimate of drug-likeness (QED) is 0.821. The molecule has 0 aliphatic rings. The fourth-order valence-corrected chi connectivity index (χ4v) is 2.19. The van der Waals surface area contributed by atoms with E-state index in [1.165, 1.54) is 4.90 Å². The second kappa shape index (κ2) is 7.50. The number of hydrogen-bond donors (Lipinski definition) is 1. The molecule has 0 amide bonds. The van der Waals surface area contributed by atoms with Gasteiger partial charge in [-0.3, -0.25) is 4.90 Å². The zero-order valence-corrected chi connectivity index (χ0v) is 11.4. The minimum atomic E-state index is -4.17. The Labute approximate surface area is 112 Å². The first kappa shape index (κ1) is 16.0. The third-order valence-corrected chi connectivity index (χ3v) is 2.92. The SMILES string of the molecule is CCCN(CC(F)(F)F)C(CNC)c1ccccc1. The average Bonchev–Trinajstić information content (AvgIpc) is 2.35. The van der Waals surface area contributed by atoms with Crippen molar-refractivity contribution in [2.45, 2.75) is 25.6 Å². The number of nitrogens with one attached hydrogen (secondary N) is 1. The Hall–Kier alpha value is -1.07. The van der Waals surface area contributed by atoms with Crippen molar-refractivity contribution in [2.75, 3.05) is 26.7 Å². The van der Waals surface area contributed by atoms with Crippen molar-refractivity contribution >= 4 is 0 Å². The predicted octanol–water partition coefficient (Wildman–Crippen LogP) is 3.22. The lowest BCUT2D eigenvalue weighted by Crippen LogP contribution is -2.41. The van der Waals surface area contributed by atoms with Crippen molar-refractivity contribution in [1.82, 2.24) is 10.2 Å². The fraction of sp³-hybridized carbons (Fsp3) is 0.571. The van der Waals surface area contributed by atoms with Crippen LogP contribution in [0.15, 0.2) is 30.3 Å². The minimum absolute atomic E-state index is 0.257. The molecule has 1 aromatic rings. The van der Waals surface area contributed by atoms with Crippen LogP contribution in [0.1, 0.15) is 24.9 Å². The topological polar surface area (TPSA) is 15.3 Å². The van der Waals surface area contributed by atoms with Gasteiger partial charge in [-0.15, -0.1) is 0 Å². The molecular weight excluding hydrogens is 253 g/mol. The highest BCUT2D eigenvalue weighted by molar-refractivity contribution is 5.19. The summed E-state index contributed by atoms with van der Waals surface area (Å²) in [7, 11) is 1.76. The Kier molecular flexibility index (Phi) is 6.31. The van der Waals surface area contributed by atoms with Gasteiger partial charge in [0.15, 0.2) is 0 Å². The van der Waals surface area contributed by atoms with E-state index in [0.29, 0.717) is 19.5 Å². The summed E-state index contributed by atoms with van der Waals surface area (Å²) in [5.41, 5.74) is 0.912. The smallest absolute Gasteiger partial charge is 0.318 e. The van der Waals surface area contributed by atoms with Crippen LogP contribution in [0.4, 0.5) is 13.2 Å². The minimum Gasteiger partial charge on any atom is -0.318 e. The zero-order chi connectivity index (χ0) is 14.3. The van der Waals surface area contributed by atoms with E-state index in [1.807, 2.05) is 37.3 Å². The molecule has 1 rings (SSSR count). The number of alkyl halides is 3. The number of likely N-dealkylation sites (N-methyl/N-ethyl adjacent to an activating group) is 1. The Morgan fingerprint density at radius 2 is 1.84 bits per heavy atom. The molecule has 108 valence electrons. The van der Waals surface area contributed by atoms with Crippen molar-refractivity contribution in [2.24, 2.45) is 0 Å². The van der Waals surface area contributed by atoms with Crippen LogP contribution < -0.4 is 5.32 Å². The van der Waals surface area contributed by atoms with Gasteiger partial charge in [-0.25, -0.2) is 0 Å². The fourth-order valence-electron chi connectivity index (χ4n) is 2.19. The van der Waals surface area contributed by atoms with E-state index in [1.54, 1.807) is 7.05 Å². The first-order valence-electron chi connectivity index (χ1n) is 6.48. The van der Waals surface area contributed by atoms with Gasteiger partial charge in [0, 0.05) is 12.6 Å². The first-order chi connectivity index (χ1) is 8.98. The van der Waals surface area contributed by atoms with Crippen molar-refractivity contribution < 1.29 is 13.2 Å². The van der Waals surface area contributed by atoms with E-state index < -0.39 is 12.7 Å². The van der Waals surface area contributed by atoms with E-state index >= 15 is 0 Å². The summed E-state index contributed by atoms with van der Waals surface area (Å²) in [6.45, 7) is 1.95. The lowest BCUT2D eigenvalue weighted by atomic mass is 10.0. The molecule has 1 aromatic carbocycles. The molecule has 0 saturated heterocycles. The van der Waals surface area contributed by atoms with Crippen LogP contribution in [-0.2, 0) is 0 Å². The Morgan fingerprint density at radius 1 is 1.21 bits per heavy atom. The van der Waals surface area contributed by atoms with Crippen LogP contribution in [0.25, 0.3) is 0 Å². The average molecular weight is 274 g/mol. The second-order valence-corrected chi connectivity index (χ2v) is 4.57. The molecule has 0 heterocycles. The third kappa shape index (κ3) is 5.61. The molecule has 1 atom stereocenters. The molecule has 19 heavy (non-hydrogen) atoms. The molecule has 0 aliphatic heterocycles. The Balaban J connectivity index is 2.92. The van der Waals surface area contributed by atoms with Crippen LogP contribution in [0, 0.1) is 0 Å². The molecule has 0 fully saturated rings. The lowest BCUT2D eigenvalue weighted by molar-refractivity contribution is -0.151. The largest absolute Gasteiger partial charge is 0.401 e. The standard InChI is InChI=1S/C14H21F3N2/c1-3-9-19(11-14(15,16)17)13(10-18-2)12-7-5-4-6-8-12/h4-8,13,18H,3,9-11H2,1-2H3. The highest BCUT2D eigenvalue weighted by atomic mass is 19.4. The van der Waals surface area contributed by atoms with Gasteiger partial charge in [-0.2, -0.15) is 13.2 Å². The number of rotatable bonds is 7. The molecule has 0 bridgehead atoms. The number of nitrogens with zero attached hydrogens (tertiary/aromatic N) is 1. The second-order valence-electron chi connectivity index (χ2n) is 4.57. The molecular formula is C14H21F3N2. The zero-order valence-electron chi connectivity index (χ0n) is 11.4. The summed E-state index contributed by atoms with van der Waals surface area (Å²) in [5, 5.41) is 2.98. The normalized spacial score (nSPS) is 13.8. The number of hydrogen-bond acceptors (Lipinski definition) is 2. The molecule has 0 saturated carbocycles. The van der Waals surface area contributed by atoms with Crippen LogP contribution in [0.3, 0.4) is 0 Å². The molecule has 1 unspecified atom stereocenters. The van der Waals surface area contributed by atoms with Gasteiger partial charge in [0.05, 0.1) is 6.54 Å². The third-order valence-electron chi connectivity index (χ3n) is 2.92. The predicted molar refractivity (Wildman–Crippen MR) is 71.0 cm³/mol. The van der Waals surface area contributed by atoms with Crippen molar-refractivity contribution in [3.05, 3.63) is 35.9 Å². The van der Waals surface area contributed by atoms with Crippen LogP contribution >= 0.6 is 0 Å².